The van der Waals surface area contributed by atoms with Crippen LogP contribution in [0.1, 0.15) is 5.56 Å². The van der Waals surface area contributed by atoms with E-state index < -0.39 is 24.7 Å². The number of benzene rings is 1. The average molecular weight is 225 g/mol. The topological polar surface area (TPSA) is 12.0 Å². The molecule has 0 saturated carbocycles. The summed E-state index contributed by atoms with van der Waals surface area (Å²) in [6, 6.07) is 4.14. The summed E-state index contributed by atoms with van der Waals surface area (Å²) in [6.45, 7) is -0.665. The minimum atomic E-state index is -4.46. The number of hydrogen-bond donors (Lipinski definition) is 1. The Labute approximate surface area is 82.9 Å². The average Bonchev–Trinajstić information content (AvgIpc) is 2.14. The predicted molar refractivity (Wildman–Crippen MR) is 45.9 cm³/mol. The maximum atomic E-state index is 12.2. The summed E-state index contributed by atoms with van der Waals surface area (Å²) in [7, 11) is 0. The molecular weight excluding hydrogens is 217 g/mol. The zero-order chi connectivity index (χ0) is 11.5. The Kier molecular flexibility index (Phi) is 3.49. The third-order valence-corrected chi connectivity index (χ3v) is 1.65. The van der Waals surface area contributed by atoms with E-state index in [1.165, 1.54) is 6.07 Å². The van der Waals surface area contributed by atoms with Crippen molar-refractivity contribution < 1.29 is 22.0 Å². The summed E-state index contributed by atoms with van der Waals surface area (Å²) in [5.74, 6) is 0. The Bertz CT molecular complexity index is 321. The Hall–Kier alpha value is -1.33. The number of hydrogen-bond acceptors (Lipinski definition) is 1. The van der Waals surface area contributed by atoms with Gasteiger partial charge in [-0.2, -0.15) is 13.2 Å². The third-order valence-electron chi connectivity index (χ3n) is 1.65. The fourth-order valence-electron chi connectivity index (χ4n) is 1.00. The Morgan fingerprint density at radius 1 is 1.20 bits per heavy atom. The molecule has 15 heavy (non-hydrogen) atoms. The standard InChI is InChI=1S/C9H8F5N/c10-8(11)5-15-7-3-1-2-6(4-7)9(12,13)14/h1-4,8,15H,5H2. The molecule has 84 valence electrons. The molecule has 1 aromatic carbocycles. The molecule has 0 unspecified atom stereocenters. The van der Waals surface area contributed by atoms with E-state index in [4.69, 9.17) is 0 Å². The van der Waals surface area contributed by atoms with Gasteiger partial charge in [0.2, 0.25) is 0 Å². The highest BCUT2D eigenvalue weighted by atomic mass is 19.4. The maximum absolute atomic E-state index is 12.2. The Morgan fingerprint density at radius 3 is 2.40 bits per heavy atom. The number of alkyl halides is 5. The minimum absolute atomic E-state index is 0.0325. The number of anilines is 1. The first-order valence-corrected chi connectivity index (χ1v) is 4.09. The fourth-order valence-corrected chi connectivity index (χ4v) is 1.00. The molecule has 0 amide bonds. The van der Waals surface area contributed by atoms with Gasteiger partial charge < -0.3 is 5.32 Å². The molecule has 1 rings (SSSR count). The van der Waals surface area contributed by atoms with Crippen LogP contribution < -0.4 is 5.32 Å². The predicted octanol–water partition coefficient (Wildman–Crippen LogP) is 3.38. The van der Waals surface area contributed by atoms with Crippen molar-refractivity contribution in [1.29, 1.82) is 0 Å². The van der Waals surface area contributed by atoms with Gasteiger partial charge in [0, 0.05) is 5.69 Å². The van der Waals surface area contributed by atoms with Gasteiger partial charge in [0.1, 0.15) is 0 Å². The van der Waals surface area contributed by atoms with E-state index in [0.717, 1.165) is 18.2 Å². The molecule has 0 heterocycles. The molecular formula is C9H8F5N. The summed E-state index contributed by atoms with van der Waals surface area (Å²) < 4.78 is 60.1. The first kappa shape index (κ1) is 11.7. The molecule has 0 aliphatic rings. The lowest BCUT2D eigenvalue weighted by atomic mass is 10.2. The maximum Gasteiger partial charge on any atom is 0.416 e. The van der Waals surface area contributed by atoms with Crippen LogP contribution in [0.25, 0.3) is 0 Å². The normalized spacial score (nSPS) is 11.9. The summed E-state index contributed by atoms with van der Waals surface area (Å²) in [6.07, 6.45) is -7.05. The molecule has 0 fully saturated rings. The molecule has 0 saturated heterocycles. The highest BCUT2D eigenvalue weighted by Gasteiger charge is 2.30. The quantitative estimate of drug-likeness (QED) is 0.777. The van der Waals surface area contributed by atoms with Crippen LogP contribution in [0.15, 0.2) is 24.3 Å². The second-order valence-corrected chi connectivity index (χ2v) is 2.85. The van der Waals surface area contributed by atoms with Gasteiger partial charge in [-0.15, -0.1) is 0 Å². The first-order valence-electron chi connectivity index (χ1n) is 4.09. The van der Waals surface area contributed by atoms with Crippen LogP contribution in [0, 0.1) is 0 Å². The number of nitrogens with one attached hydrogen (secondary N) is 1. The Balaban J connectivity index is 2.75. The van der Waals surface area contributed by atoms with Crippen LogP contribution in [0.2, 0.25) is 0 Å². The lowest BCUT2D eigenvalue weighted by molar-refractivity contribution is -0.137. The van der Waals surface area contributed by atoms with Gasteiger partial charge >= 0.3 is 6.18 Å². The molecule has 0 radical (unpaired) electrons. The SMILES string of the molecule is FC(F)CNc1cccc(C(F)(F)F)c1. The zero-order valence-corrected chi connectivity index (χ0v) is 7.48. The summed E-state index contributed by atoms with van der Waals surface area (Å²) in [5, 5.41) is 2.21. The van der Waals surface area contributed by atoms with Crippen LogP contribution in [-0.4, -0.2) is 13.0 Å². The van der Waals surface area contributed by atoms with Crippen LogP contribution in [0.5, 0.6) is 0 Å². The van der Waals surface area contributed by atoms with Crippen LogP contribution in [0.3, 0.4) is 0 Å². The molecule has 0 aromatic heterocycles. The van der Waals surface area contributed by atoms with Gasteiger partial charge in [-0.3, -0.25) is 0 Å². The van der Waals surface area contributed by atoms with Crippen LogP contribution in [0.4, 0.5) is 27.6 Å². The van der Waals surface area contributed by atoms with E-state index in [-0.39, 0.29) is 5.69 Å². The Morgan fingerprint density at radius 2 is 1.87 bits per heavy atom. The van der Waals surface area contributed by atoms with E-state index in [1.807, 2.05) is 0 Å². The van der Waals surface area contributed by atoms with Gasteiger partial charge in [0.05, 0.1) is 12.1 Å². The molecule has 0 aliphatic heterocycles. The van der Waals surface area contributed by atoms with Gasteiger partial charge in [0.15, 0.2) is 0 Å². The largest absolute Gasteiger partial charge is 0.416 e. The van der Waals surface area contributed by atoms with Gasteiger partial charge in [-0.25, -0.2) is 8.78 Å². The summed E-state index contributed by atoms with van der Waals surface area (Å²) in [5.41, 5.74) is -0.827. The van der Waals surface area contributed by atoms with Crippen molar-refractivity contribution >= 4 is 5.69 Å². The van der Waals surface area contributed by atoms with Crippen molar-refractivity contribution in [1.82, 2.24) is 0 Å². The van der Waals surface area contributed by atoms with Crippen molar-refractivity contribution in [2.75, 3.05) is 11.9 Å². The van der Waals surface area contributed by atoms with Gasteiger partial charge in [-0.05, 0) is 18.2 Å². The third kappa shape index (κ3) is 3.73. The fraction of sp³-hybridized carbons (Fsp3) is 0.333. The van der Waals surface area contributed by atoms with E-state index in [0.29, 0.717) is 0 Å². The highest BCUT2D eigenvalue weighted by molar-refractivity contribution is 5.46. The number of rotatable bonds is 3. The monoisotopic (exact) mass is 225 g/mol. The molecule has 0 atom stereocenters. The van der Waals surface area contributed by atoms with Crippen molar-refractivity contribution in [3.63, 3.8) is 0 Å². The van der Waals surface area contributed by atoms with Crippen molar-refractivity contribution in [2.24, 2.45) is 0 Å². The summed E-state index contributed by atoms with van der Waals surface area (Å²) >= 11 is 0. The molecule has 0 spiro atoms. The minimum Gasteiger partial charge on any atom is -0.379 e. The van der Waals surface area contributed by atoms with E-state index in [2.05, 4.69) is 5.32 Å². The lowest BCUT2D eigenvalue weighted by Crippen LogP contribution is -2.11. The lowest BCUT2D eigenvalue weighted by Gasteiger charge is -2.09. The van der Waals surface area contributed by atoms with Crippen molar-refractivity contribution in [3.8, 4) is 0 Å². The molecule has 6 heteroatoms. The second-order valence-electron chi connectivity index (χ2n) is 2.85. The molecule has 1 nitrogen and oxygen atoms in total. The first-order chi connectivity index (χ1) is 6.89. The second kappa shape index (κ2) is 4.46. The van der Waals surface area contributed by atoms with Crippen molar-refractivity contribution in [2.45, 2.75) is 12.6 Å². The molecule has 0 aliphatic carbocycles. The van der Waals surface area contributed by atoms with E-state index in [1.54, 1.807) is 0 Å². The van der Waals surface area contributed by atoms with Gasteiger partial charge in [0.25, 0.3) is 6.43 Å². The zero-order valence-electron chi connectivity index (χ0n) is 7.48. The number of halogens is 5. The van der Waals surface area contributed by atoms with E-state index >= 15 is 0 Å². The molecule has 0 bridgehead atoms. The van der Waals surface area contributed by atoms with Crippen molar-refractivity contribution in [3.05, 3.63) is 29.8 Å². The molecule has 1 aromatic rings. The van der Waals surface area contributed by atoms with Crippen LogP contribution in [-0.2, 0) is 6.18 Å². The van der Waals surface area contributed by atoms with E-state index in [9.17, 15) is 22.0 Å². The molecule has 1 N–H and O–H groups in total. The smallest absolute Gasteiger partial charge is 0.379 e. The highest BCUT2D eigenvalue weighted by Crippen LogP contribution is 2.30. The van der Waals surface area contributed by atoms with Gasteiger partial charge in [-0.1, -0.05) is 6.07 Å². The van der Waals surface area contributed by atoms with Crippen LogP contribution >= 0.6 is 0 Å². The summed E-state index contributed by atoms with van der Waals surface area (Å²) in [4.78, 5) is 0.